The molecule has 0 aliphatic carbocycles. The van der Waals surface area contributed by atoms with E-state index in [1.54, 1.807) is 6.92 Å². The molecule has 0 rings (SSSR count). The molecule has 0 spiro atoms. The van der Waals surface area contributed by atoms with Crippen LogP contribution in [0.15, 0.2) is 0 Å². The van der Waals surface area contributed by atoms with Crippen LogP contribution in [0.1, 0.15) is 67.2 Å². The number of hydrogen-bond acceptors (Lipinski definition) is 8. The van der Waals surface area contributed by atoms with E-state index >= 15 is 0 Å². The van der Waals surface area contributed by atoms with Crippen molar-refractivity contribution in [2.45, 2.75) is 85.7 Å². The van der Waals surface area contributed by atoms with Crippen LogP contribution < -0.4 is 0 Å². The molecule has 0 aliphatic rings. The number of carboxylic acid groups (broad SMARTS) is 1. The molecule has 0 bridgehead atoms. The minimum absolute atomic E-state index is 0.122. The summed E-state index contributed by atoms with van der Waals surface area (Å²) in [5.74, 6) is -6.24. The lowest BCUT2D eigenvalue weighted by atomic mass is 9.64. The topological polar surface area (TPSA) is 125 Å². The molecule has 9 nitrogen and oxygen atoms in total. The molecule has 228 valence electrons. The number of rotatable bonds is 16. The third-order valence-corrected chi connectivity index (χ3v) is 5.99. The van der Waals surface area contributed by atoms with Crippen LogP contribution >= 0.6 is 0 Å². The fourth-order valence-electron chi connectivity index (χ4n) is 3.96. The molecule has 39 heavy (non-hydrogen) atoms. The minimum atomic E-state index is -5.48. The lowest BCUT2D eigenvalue weighted by molar-refractivity contribution is -0.262. The van der Waals surface area contributed by atoms with Gasteiger partial charge in [-0.1, -0.05) is 13.8 Å². The Balaban J connectivity index is 6.53. The first kappa shape index (κ1) is 36.4. The van der Waals surface area contributed by atoms with Crippen molar-refractivity contribution in [3.05, 3.63) is 0 Å². The summed E-state index contributed by atoms with van der Waals surface area (Å²) in [5, 5.41) is 8.75. The summed E-state index contributed by atoms with van der Waals surface area (Å²) in [7, 11) is 0. The third kappa shape index (κ3) is 10.5. The molecule has 0 aromatic heterocycles. The van der Waals surface area contributed by atoms with E-state index in [1.165, 1.54) is 13.8 Å². The number of esters is 3. The summed E-state index contributed by atoms with van der Waals surface area (Å²) >= 11 is 0. The van der Waals surface area contributed by atoms with Crippen LogP contribution in [0.4, 0.5) is 26.3 Å². The fraction of sp³-hybridized carbons (Fsp3) is 0.833. The van der Waals surface area contributed by atoms with Crippen LogP contribution in [0.2, 0.25) is 0 Å². The number of carbonyl (C=O) groups excluding carboxylic acids is 3. The Bertz CT molecular complexity index is 856. The Morgan fingerprint density at radius 1 is 0.795 bits per heavy atom. The van der Waals surface area contributed by atoms with E-state index in [9.17, 15) is 45.5 Å². The highest BCUT2D eigenvalue weighted by molar-refractivity contribution is 5.84. The second-order valence-electron chi connectivity index (χ2n) is 10.0. The molecule has 0 heterocycles. The molecule has 0 fully saturated rings. The van der Waals surface area contributed by atoms with Gasteiger partial charge in [0.25, 0.3) is 0 Å². The highest BCUT2D eigenvalue weighted by Gasteiger charge is 2.65. The number of hydrogen-bond donors (Lipinski definition) is 1. The molecule has 1 N–H and O–H groups in total. The molecule has 0 saturated heterocycles. The fourth-order valence-corrected chi connectivity index (χ4v) is 3.96. The first-order valence-corrected chi connectivity index (χ1v) is 12.1. The van der Waals surface area contributed by atoms with E-state index < -0.39 is 91.1 Å². The molecule has 0 saturated carbocycles. The van der Waals surface area contributed by atoms with Gasteiger partial charge < -0.3 is 24.1 Å². The van der Waals surface area contributed by atoms with Crippen LogP contribution in [0, 0.1) is 16.2 Å². The van der Waals surface area contributed by atoms with Gasteiger partial charge in [-0.3, -0.25) is 14.4 Å². The predicted octanol–water partition coefficient (Wildman–Crippen LogP) is 4.85. The Hall–Kier alpha value is -2.58. The minimum Gasteiger partial charge on any atom is -0.479 e. The van der Waals surface area contributed by atoms with Gasteiger partial charge in [-0.25, -0.2) is 4.79 Å². The SMILES string of the molecule is CCCOCCOC(=O)C(C)(CC(C)(C)C(=O)OCC(=O)O)CC(CC)(C(=O)OC(C)C(F)(F)F)C(F)(F)F. The van der Waals surface area contributed by atoms with Crippen LogP contribution in [-0.4, -0.2) is 73.9 Å². The summed E-state index contributed by atoms with van der Waals surface area (Å²) in [6.45, 7) is 5.05. The van der Waals surface area contributed by atoms with Gasteiger partial charge in [0.1, 0.15) is 6.61 Å². The van der Waals surface area contributed by atoms with Crippen molar-refractivity contribution < 1.29 is 69.6 Å². The second-order valence-corrected chi connectivity index (χ2v) is 10.0. The van der Waals surface area contributed by atoms with Crippen LogP contribution in [0.3, 0.4) is 0 Å². The van der Waals surface area contributed by atoms with E-state index in [0.29, 0.717) is 20.0 Å². The summed E-state index contributed by atoms with van der Waals surface area (Å²) in [5.41, 5.74) is -7.71. The molecule has 0 amide bonds. The summed E-state index contributed by atoms with van der Waals surface area (Å²) < 4.78 is 101. The number of carbonyl (C=O) groups is 4. The largest absolute Gasteiger partial charge is 0.479 e. The van der Waals surface area contributed by atoms with Crippen molar-refractivity contribution in [3.63, 3.8) is 0 Å². The molecule has 0 aromatic rings. The monoisotopic (exact) mass is 582 g/mol. The van der Waals surface area contributed by atoms with E-state index in [-0.39, 0.29) is 6.61 Å². The highest BCUT2D eigenvalue weighted by atomic mass is 19.4. The van der Waals surface area contributed by atoms with Crippen molar-refractivity contribution in [1.82, 2.24) is 0 Å². The Labute approximate surface area is 222 Å². The smallest absolute Gasteiger partial charge is 0.425 e. The number of aliphatic carboxylic acids is 1. The van der Waals surface area contributed by atoms with Crippen molar-refractivity contribution >= 4 is 23.9 Å². The zero-order chi connectivity index (χ0) is 30.9. The standard InChI is InChI=1S/C24H36F6O9/c1-7-9-36-10-11-37-18(34)21(6,13-20(4,5)17(33)38-12-16(31)32)14-22(8-2,24(28,29)30)19(35)39-15(3)23(25,26)27/h15H,7-14H2,1-6H3,(H,31,32). The van der Waals surface area contributed by atoms with Crippen LogP contribution in [0.5, 0.6) is 0 Å². The van der Waals surface area contributed by atoms with E-state index in [0.717, 1.165) is 13.8 Å². The Morgan fingerprint density at radius 3 is 1.79 bits per heavy atom. The van der Waals surface area contributed by atoms with Crippen LogP contribution in [-0.2, 0) is 38.1 Å². The molecule has 15 heteroatoms. The lowest BCUT2D eigenvalue weighted by Crippen LogP contribution is -2.53. The number of carboxylic acids is 1. The normalized spacial score (nSPS) is 16.4. The quantitative estimate of drug-likeness (QED) is 0.118. The Kier molecular flexibility index (Phi) is 13.2. The molecule has 0 radical (unpaired) electrons. The second kappa shape index (κ2) is 14.2. The average Bonchev–Trinajstić information content (AvgIpc) is 2.78. The van der Waals surface area contributed by atoms with Gasteiger partial charge in [0, 0.05) is 6.61 Å². The van der Waals surface area contributed by atoms with Gasteiger partial charge in [0.15, 0.2) is 18.1 Å². The van der Waals surface area contributed by atoms with Gasteiger partial charge in [0.2, 0.25) is 0 Å². The lowest BCUT2D eigenvalue weighted by Gasteiger charge is -2.42. The third-order valence-electron chi connectivity index (χ3n) is 5.99. The number of halogens is 6. The van der Waals surface area contributed by atoms with Crippen molar-refractivity contribution in [3.8, 4) is 0 Å². The predicted molar refractivity (Wildman–Crippen MR) is 122 cm³/mol. The zero-order valence-corrected chi connectivity index (χ0v) is 22.7. The van der Waals surface area contributed by atoms with Crippen molar-refractivity contribution in [2.24, 2.45) is 16.2 Å². The Morgan fingerprint density at radius 2 is 1.36 bits per heavy atom. The number of ether oxygens (including phenoxy) is 4. The van der Waals surface area contributed by atoms with Crippen molar-refractivity contribution in [1.29, 1.82) is 0 Å². The maximum Gasteiger partial charge on any atom is 0.425 e. The summed E-state index contributed by atoms with van der Waals surface area (Å²) in [4.78, 5) is 49.2. The molecule has 0 aromatic carbocycles. The maximum atomic E-state index is 14.4. The number of alkyl halides is 6. The van der Waals surface area contributed by atoms with Gasteiger partial charge in [-0.05, 0) is 53.4 Å². The zero-order valence-electron chi connectivity index (χ0n) is 22.7. The average molecular weight is 583 g/mol. The van der Waals surface area contributed by atoms with Gasteiger partial charge in [0.05, 0.1) is 17.4 Å². The van der Waals surface area contributed by atoms with Gasteiger partial charge in [-0.2, -0.15) is 26.3 Å². The summed E-state index contributed by atoms with van der Waals surface area (Å²) in [6.07, 6.45) is -16.2. The maximum absolute atomic E-state index is 14.4. The van der Waals surface area contributed by atoms with E-state index in [4.69, 9.17) is 14.6 Å². The molecule has 3 unspecified atom stereocenters. The van der Waals surface area contributed by atoms with Gasteiger partial charge >= 0.3 is 36.2 Å². The van der Waals surface area contributed by atoms with E-state index in [1.807, 2.05) is 0 Å². The summed E-state index contributed by atoms with van der Waals surface area (Å²) in [6, 6.07) is 0. The van der Waals surface area contributed by atoms with Crippen molar-refractivity contribution in [2.75, 3.05) is 26.4 Å². The molecular formula is C24H36F6O9. The van der Waals surface area contributed by atoms with Gasteiger partial charge in [-0.15, -0.1) is 0 Å². The molecular weight excluding hydrogens is 546 g/mol. The molecule has 3 atom stereocenters. The molecule has 0 aliphatic heterocycles. The van der Waals surface area contributed by atoms with E-state index in [2.05, 4.69) is 9.47 Å². The van der Waals surface area contributed by atoms with Crippen LogP contribution in [0.25, 0.3) is 0 Å². The highest BCUT2D eigenvalue weighted by Crippen LogP contribution is 2.53. The first-order chi connectivity index (χ1) is 17.6. The first-order valence-electron chi connectivity index (χ1n) is 12.1.